The van der Waals surface area contributed by atoms with Gasteiger partial charge < -0.3 is 15.0 Å². The molecule has 1 aromatic heterocycles. The Morgan fingerprint density at radius 1 is 1.47 bits per heavy atom. The lowest BCUT2D eigenvalue weighted by molar-refractivity contribution is 0.109. The van der Waals surface area contributed by atoms with Gasteiger partial charge in [0.15, 0.2) is 5.82 Å². The minimum absolute atomic E-state index is 0.0757. The summed E-state index contributed by atoms with van der Waals surface area (Å²) in [4.78, 5) is 4.36. The molecule has 0 aliphatic carbocycles. The lowest BCUT2D eigenvalue weighted by atomic mass is 9.87. The van der Waals surface area contributed by atoms with Gasteiger partial charge >= 0.3 is 0 Å². The minimum atomic E-state index is -0.228. The zero-order valence-corrected chi connectivity index (χ0v) is 10.8. The molecule has 0 radical (unpaired) electrons. The summed E-state index contributed by atoms with van der Waals surface area (Å²) in [6.07, 6.45) is 3.17. The SMILES string of the molecule is CC(C)(C)[C@@H](N)c1nc(CC2CCCO2)no1. The molecular weight excluding hydrogens is 218 g/mol. The van der Waals surface area contributed by atoms with Gasteiger partial charge in [-0.3, -0.25) is 0 Å². The summed E-state index contributed by atoms with van der Waals surface area (Å²) >= 11 is 0. The van der Waals surface area contributed by atoms with Crippen molar-refractivity contribution in [1.29, 1.82) is 0 Å². The van der Waals surface area contributed by atoms with Gasteiger partial charge in [-0.1, -0.05) is 25.9 Å². The molecule has 1 saturated heterocycles. The maximum Gasteiger partial charge on any atom is 0.244 e. The first-order valence-corrected chi connectivity index (χ1v) is 6.16. The van der Waals surface area contributed by atoms with Crippen LogP contribution >= 0.6 is 0 Å². The summed E-state index contributed by atoms with van der Waals surface area (Å²) in [7, 11) is 0. The van der Waals surface area contributed by atoms with Gasteiger partial charge in [0.05, 0.1) is 12.1 Å². The Balaban J connectivity index is 2.00. The fourth-order valence-electron chi connectivity index (χ4n) is 1.86. The number of nitrogens with two attached hydrogens (primary N) is 1. The van der Waals surface area contributed by atoms with Crippen LogP contribution in [0.3, 0.4) is 0 Å². The van der Waals surface area contributed by atoms with Crippen LogP contribution in [0.1, 0.15) is 51.4 Å². The molecule has 2 rings (SSSR count). The van der Waals surface area contributed by atoms with Crippen LogP contribution < -0.4 is 5.73 Å². The van der Waals surface area contributed by atoms with Crippen molar-refractivity contribution in [1.82, 2.24) is 10.1 Å². The third kappa shape index (κ3) is 3.04. The molecule has 1 fully saturated rings. The first kappa shape index (κ1) is 12.5. The Kier molecular flexibility index (Phi) is 3.49. The van der Waals surface area contributed by atoms with Gasteiger partial charge in [-0.25, -0.2) is 0 Å². The molecule has 1 unspecified atom stereocenters. The molecule has 2 heterocycles. The van der Waals surface area contributed by atoms with Crippen LogP contribution in [0, 0.1) is 5.41 Å². The fourth-order valence-corrected chi connectivity index (χ4v) is 1.86. The normalized spacial score (nSPS) is 22.9. The summed E-state index contributed by atoms with van der Waals surface area (Å²) in [5.41, 5.74) is 5.99. The predicted molar refractivity (Wildman–Crippen MR) is 63.4 cm³/mol. The third-order valence-corrected chi connectivity index (χ3v) is 3.12. The average Bonchev–Trinajstić information content (AvgIpc) is 2.87. The van der Waals surface area contributed by atoms with Crippen molar-refractivity contribution in [2.45, 2.75) is 52.2 Å². The van der Waals surface area contributed by atoms with E-state index < -0.39 is 0 Å². The number of rotatable bonds is 3. The Morgan fingerprint density at radius 2 is 2.24 bits per heavy atom. The van der Waals surface area contributed by atoms with E-state index in [2.05, 4.69) is 30.9 Å². The van der Waals surface area contributed by atoms with E-state index in [0.717, 1.165) is 25.9 Å². The van der Waals surface area contributed by atoms with Crippen LogP contribution in [-0.2, 0) is 11.2 Å². The van der Waals surface area contributed by atoms with Gasteiger partial charge in [0, 0.05) is 13.0 Å². The van der Waals surface area contributed by atoms with Crippen molar-refractivity contribution in [2.75, 3.05) is 6.61 Å². The Morgan fingerprint density at radius 3 is 2.82 bits per heavy atom. The van der Waals surface area contributed by atoms with Crippen LogP contribution in [0.4, 0.5) is 0 Å². The van der Waals surface area contributed by atoms with Crippen LogP contribution in [-0.4, -0.2) is 22.9 Å². The molecule has 5 heteroatoms. The lowest BCUT2D eigenvalue weighted by Gasteiger charge is -2.23. The maximum absolute atomic E-state index is 6.07. The van der Waals surface area contributed by atoms with E-state index in [4.69, 9.17) is 15.0 Å². The third-order valence-electron chi connectivity index (χ3n) is 3.12. The van der Waals surface area contributed by atoms with Crippen molar-refractivity contribution >= 4 is 0 Å². The van der Waals surface area contributed by atoms with Gasteiger partial charge in [0.25, 0.3) is 0 Å². The monoisotopic (exact) mass is 239 g/mol. The highest BCUT2D eigenvalue weighted by Crippen LogP contribution is 2.29. The van der Waals surface area contributed by atoms with Crippen molar-refractivity contribution in [3.8, 4) is 0 Å². The standard InChI is InChI=1S/C12H21N3O2/c1-12(2,3)10(13)11-14-9(15-17-11)7-8-5-4-6-16-8/h8,10H,4-7,13H2,1-3H3/t8?,10-/m0/s1. The van der Waals surface area contributed by atoms with E-state index >= 15 is 0 Å². The molecule has 1 aliphatic heterocycles. The topological polar surface area (TPSA) is 74.2 Å². The lowest BCUT2D eigenvalue weighted by Crippen LogP contribution is -2.26. The predicted octanol–water partition coefficient (Wildman–Crippen LogP) is 1.84. The molecule has 0 aromatic carbocycles. The summed E-state index contributed by atoms with van der Waals surface area (Å²) in [5, 5.41) is 3.97. The van der Waals surface area contributed by atoms with Crippen molar-refractivity contribution in [3.63, 3.8) is 0 Å². The molecule has 0 spiro atoms. The van der Waals surface area contributed by atoms with E-state index in [1.54, 1.807) is 0 Å². The molecule has 0 amide bonds. The zero-order chi connectivity index (χ0) is 12.5. The molecule has 96 valence electrons. The smallest absolute Gasteiger partial charge is 0.244 e. The number of aromatic nitrogens is 2. The Bertz CT molecular complexity index is 364. The second-order valence-corrected chi connectivity index (χ2v) is 5.73. The van der Waals surface area contributed by atoms with E-state index in [1.807, 2.05) is 0 Å². The zero-order valence-electron chi connectivity index (χ0n) is 10.8. The molecule has 2 atom stereocenters. The van der Waals surface area contributed by atoms with Gasteiger partial charge in [0.1, 0.15) is 0 Å². The van der Waals surface area contributed by atoms with Crippen molar-refractivity contribution < 1.29 is 9.26 Å². The highest BCUT2D eigenvalue weighted by Gasteiger charge is 2.28. The first-order chi connectivity index (χ1) is 7.97. The van der Waals surface area contributed by atoms with Gasteiger partial charge in [0.2, 0.25) is 5.89 Å². The Labute approximate surface area is 102 Å². The summed E-state index contributed by atoms with van der Waals surface area (Å²) in [6.45, 7) is 7.02. The second kappa shape index (κ2) is 4.74. The first-order valence-electron chi connectivity index (χ1n) is 6.16. The van der Waals surface area contributed by atoms with Gasteiger partial charge in [-0.2, -0.15) is 4.98 Å². The van der Waals surface area contributed by atoms with Crippen molar-refractivity contribution in [3.05, 3.63) is 11.7 Å². The largest absolute Gasteiger partial charge is 0.378 e. The van der Waals surface area contributed by atoms with Crippen LogP contribution in [0.25, 0.3) is 0 Å². The summed E-state index contributed by atoms with van der Waals surface area (Å²) in [6, 6.07) is -0.228. The molecule has 0 saturated carbocycles. The number of nitrogens with zero attached hydrogens (tertiary/aromatic N) is 2. The molecule has 1 aliphatic rings. The number of hydrogen-bond donors (Lipinski definition) is 1. The number of hydrogen-bond acceptors (Lipinski definition) is 5. The van der Waals surface area contributed by atoms with Crippen LogP contribution in [0.2, 0.25) is 0 Å². The van der Waals surface area contributed by atoms with Crippen LogP contribution in [0.5, 0.6) is 0 Å². The minimum Gasteiger partial charge on any atom is -0.378 e. The van der Waals surface area contributed by atoms with Crippen molar-refractivity contribution in [2.24, 2.45) is 11.1 Å². The van der Waals surface area contributed by atoms with Gasteiger partial charge in [-0.15, -0.1) is 0 Å². The fraction of sp³-hybridized carbons (Fsp3) is 0.833. The average molecular weight is 239 g/mol. The van der Waals surface area contributed by atoms with E-state index in [9.17, 15) is 0 Å². The maximum atomic E-state index is 6.07. The quantitative estimate of drug-likeness (QED) is 0.871. The highest BCUT2D eigenvalue weighted by atomic mass is 16.5. The molecule has 5 nitrogen and oxygen atoms in total. The summed E-state index contributed by atoms with van der Waals surface area (Å²) < 4.78 is 10.8. The molecule has 17 heavy (non-hydrogen) atoms. The van der Waals surface area contributed by atoms with E-state index in [0.29, 0.717) is 11.7 Å². The highest BCUT2D eigenvalue weighted by molar-refractivity contribution is 4.97. The summed E-state index contributed by atoms with van der Waals surface area (Å²) in [5.74, 6) is 1.22. The van der Waals surface area contributed by atoms with E-state index in [1.165, 1.54) is 0 Å². The molecule has 1 aromatic rings. The van der Waals surface area contributed by atoms with E-state index in [-0.39, 0.29) is 17.6 Å². The number of ether oxygens (including phenoxy) is 1. The van der Waals surface area contributed by atoms with Crippen LogP contribution in [0.15, 0.2) is 4.52 Å². The molecule has 0 bridgehead atoms. The second-order valence-electron chi connectivity index (χ2n) is 5.73. The molecular formula is C12H21N3O2. The molecule has 2 N–H and O–H groups in total. The Hall–Kier alpha value is -0.940. The van der Waals surface area contributed by atoms with Gasteiger partial charge in [-0.05, 0) is 18.3 Å².